The lowest BCUT2D eigenvalue weighted by atomic mass is 9.95. The van der Waals surface area contributed by atoms with Crippen molar-refractivity contribution in [2.24, 2.45) is 5.92 Å². The number of amides is 4. The van der Waals surface area contributed by atoms with Gasteiger partial charge >= 0.3 is 6.03 Å². The first-order chi connectivity index (χ1) is 13.6. The highest BCUT2D eigenvalue weighted by molar-refractivity contribution is 7.15. The molecule has 3 rings (SSSR count). The second kappa shape index (κ2) is 8.64. The molecule has 4 amide bonds. The molecule has 0 aromatic carbocycles. The molecule has 160 valence electrons. The van der Waals surface area contributed by atoms with E-state index >= 15 is 0 Å². The number of rotatable bonds is 2. The summed E-state index contributed by atoms with van der Waals surface area (Å²) in [6.07, 6.45) is 1.70. The van der Waals surface area contributed by atoms with E-state index in [1.807, 2.05) is 0 Å². The number of carbonyl (C=O) groups is 3. The van der Waals surface area contributed by atoms with Gasteiger partial charge in [-0.25, -0.2) is 4.79 Å². The highest BCUT2D eigenvalue weighted by atomic mass is 32.1. The van der Waals surface area contributed by atoms with Crippen molar-refractivity contribution < 1.29 is 14.4 Å². The molecule has 2 fully saturated rings. The number of nitrogens with one attached hydrogen (secondary N) is 1. The summed E-state index contributed by atoms with van der Waals surface area (Å²) in [4.78, 5) is 42.6. The molecule has 1 atom stereocenters. The number of piperidine rings is 1. The predicted octanol–water partition coefficient (Wildman–Crippen LogP) is 1.77. The topological polar surface area (TPSA) is 98.7 Å². The lowest BCUT2D eigenvalue weighted by Gasteiger charge is -2.31. The zero-order chi connectivity index (χ0) is 21.2. The van der Waals surface area contributed by atoms with E-state index in [0.29, 0.717) is 50.7 Å². The molecular formula is C19H30N6O3S. The van der Waals surface area contributed by atoms with E-state index in [9.17, 15) is 14.4 Å². The fraction of sp³-hybridized carbons (Fsp3) is 0.737. The summed E-state index contributed by atoms with van der Waals surface area (Å²) in [5.41, 5.74) is -0.112. The molecule has 9 nitrogen and oxygen atoms in total. The molecule has 29 heavy (non-hydrogen) atoms. The van der Waals surface area contributed by atoms with Crippen molar-refractivity contribution in [3.05, 3.63) is 5.01 Å². The summed E-state index contributed by atoms with van der Waals surface area (Å²) in [5.74, 6) is -0.180. The number of carbonyl (C=O) groups excluding carboxylic acids is 3. The molecule has 0 spiro atoms. The van der Waals surface area contributed by atoms with E-state index in [-0.39, 0.29) is 35.6 Å². The number of hydrogen-bond donors (Lipinski definition) is 1. The van der Waals surface area contributed by atoms with E-state index in [4.69, 9.17) is 0 Å². The Labute approximate surface area is 175 Å². The summed E-state index contributed by atoms with van der Waals surface area (Å²) in [6, 6.07) is -0.217. The zero-order valence-corrected chi connectivity index (χ0v) is 18.4. The number of aromatic nitrogens is 2. The average Bonchev–Trinajstić information content (AvgIpc) is 2.99. The molecule has 10 heteroatoms. The SMILES string of the molecule is CN1CCC(C(=O)N2CCCN(C(=O)Nc3nnc(C(C)(C)C)s3)CC2)CC1=O. The lowest BCUT2D eigenvalue weighted by Crippen LogP contribution is -2.45. The van der Waals surface area contributed by atoms with Crippen LogP contribution in [0.2, 0.25) is 0 Å². The summed E-state index contributed by atoms with van der Waals surface area (Å²) < 4.78 is 0. The number of anilines is 1. The van der Waals surface area contributed by atoms with Crippen molar-refractivity contribution in [1.82, 2.24) is 24.9 Å². The molecule has 3 heterocycles. The van der Waals surface area contributed by atoms with Crippen LogP contribution in [-0.2, 0) is 15.0 Å². The van der Waals surface area contributed by atoms with Crippen molar-refractivity contribution in [1.29, 1.82) is 0 Å². The van der Waals surface area contributed by atoms with Gasteiger partial charge in [0.25, 0.3) is 0 Å². The van der Waals surface area contributed by atoms with Crippen molar-refractivity contribution in [2.75, 3.05) is 45.1 Å². The first-order valence-corrected chi connectivity index (χ1v) is 10.9. The fourth-order valence-corrected chi connectivity index (χ4v) is 4.29. The van der Waals surface area contributed by atoms with Crippen LogP contribution >= 0.6 is 11.3 Å². The molecule has 2 saturated heterocycles. The summed E-state index contributed by atoms with van der Waals surface area (Å²) >= 11 is 1.38. The Hall–Kier alpha value is -2.23. The maximum Gasteiger partial charge on any atom is 0.323 e. The van der Waals surface area contributed by atoms with Crippen molar-refractivity contribution >= 4 is 34.3 Å². The molecule has 1 aromatic rings. The van der Waals surface area contributed by atoms with E-state index in [1.165, 1.54) is 11.3 Å². The van der Waals surface area contributed by atoms with Gasteiger partial charge in [-0.15, -0.1) is 10.2 Å². The average molecular weight is 423 g/mol. The van der Waals surface area contributed by atoms with E-state index in [0.717, 1.165) is 5.01 Å². The van der Waals surface area contributed by atoms with Crippen LogP contribution in [0, 0.1) is 5.92 Å². The molecule has 2 aliphatic heterocycles. The van der Waals surface area contributed by atoms with Gasteiger partial charge in [-0.3, -0.25) is 14.9 Å². The predicted molar refractivity (Wildman–Crippen MR) is 111 cm³/mol. The Morgan fingerprint density at radius 2 is 1.76 bits per heavy atom. The number of nitrogens with zero attached hydrogens (tertiary/aromatic N) is 5. The van der Waals surface area contributed by atoms with Crippen LogP contribution in [0.5, 0.6) is 0 Å². The van der Waals surface area contributed by atoms with Crippen molar-refractivity contribution in [3.8, 4) is 0 Å². The normalized spacial score (nSPS) is 21.2. The van der Waals surface area contributed by atoms with E-state index < -0.39 is 0 Å². The van der Waals surface area contributed by atoms with Crippen LogP contribution in [0.3, 0.4) is 0 Å². The Balaban J connectivity index is 1.54. The van der Waals surface area contributed by atoms with Gasteiger partial charge in [0.05, 0.1) is 0 Å². The second-order valence-corrected chi connectivity index (χ2v) is 9.74. The minimum absolute atomic E-state index is 0.0251. The maximum atomic E-state index is 12.8. The van der Waals surface area contributed by atoms with Gasteiger partial charge in [-0.1, -0.05) is 32.1 Å². The first-order valence-electron chi connectivity index (χ1n) is 10.1. The molecule has 1 aromatic heterocycles. The minimum atomic E-state index is -0.240. The van der Waals surface area contributed by atoms with Gasteiger partial charge in [0.1, 0.15) is 5.01 Å². The van der Waals surface area contributed by atoms with Gasteiger partial charge in [0.15, 0.2) is 0 Å². The van der Waals surface area contributed by atoms with Gasteiger partial charge in [-0.2, -0.15) is 0 Å². The van der Waals surface area contributed by atoms with Gasteiger partial charge < -0.3 is 14.7 Å². The molecule has 0 aliphatic carbocycles. The lowest BCUT2D eigenvalue weighted by molar-refractivity contribution is -0.144. The standard InChI is InChI=1S/C19H30N6O3S/c1-19(2,3)16-21-22-17(29-16)20-18(28)25-8-5-7-24(10-11-25)15(27)13-6-9-23(4)14(26)12-13/h13H,5-12H2,1-4H3,(H,20,22,28). The molecule has 1 unspecified atom stereocenters. The van der Waals surface area contributed by atoms with Crippen molar-refractivity contribution in [3.63, 3.8) is 0 Å². The Morgan fingerprint density at radius 3 is 2.41 bits per heavy atom. The van der Waals surface area contributed by atoms with Gasteiger partial charge in [0, 0.05) is 57.5 Å². The summed E-state index contributed by atoms with van der Waals surface area (Å²) in [5, 5.41) is 12.4. The number of hydrogen-bond acceptors (Lipinski definition) is 6. The maximum absolute atomic E-state index is 12.8. The number of likely N-dealkylation sites (tertiary alicyclic amines) is 1. The summed E-state index contributed by atoms with van der Waals surface area (Å²) in [7, 11) is 1.77. The zero-order valence-electron chi connectivity index (χ0n) is 17.6. The monoisotopic (exact) mass is 422 g/mol. The summed E-state index contributed by atoms with van der Waals surface area (Å²) in [6.45, 7) is 8.91. The molecular weight excluding hydrogens is 392 g/mol. The van der Waals surface area contributed by atoms with Crippen LogP contribution in [0.15, 0.2) is 0 Å². The fourth-order valence-electron chi connectivity index (χ4n) is 3.50. The van der Waals surface area contributed by atoms with Gasteiger partial charge in [0.2, 0.25) is 16.9 Å². The third-order valence-corrected chi connectivity index (χ3v) is 6.65. The van der Waals surface area contributed by atoms with Crippen LogP contribution in [-0.4, -0.2) is 82.5 Å². The molecule has 0 bridgehead atoms. The molecule has 0 radical (unpaired) electrons. The molecule has 1 N–H and O–H groups in total. The molecule has 0 saturated carbocycles. The highest BCUT2D eigenvalue weighted by Crippen LogP contribution is 2.28. The van der Waals surface area contributed by atoms with Crippen LogP contribution in [0.1, 0.15) is 45.0 Å². The van der Waals surface area contributed by atoms with Crippen LogP contribution in [0.4, 0.5) is 9.93 Å². The largest absolute Gasteiger partial charge is 0.346 e. The van der Waals surface area contributed by atoms with Crippen LogP contribution in [0.25, 0.3) is 0 Å². The van der Waals surface area contributed by atoms with Crippen LogP contribution < -0.4 is 5.32 Å². The first kappa shape index (κ1) is 21.5. The van der Waals surface area contributed by atoms with Crippen molar-refractivity contribution in [2.45, 2.75) is 45.4 Å². The molecule has 2 aliphatic rings. The quantitative estimate of drug-likeness (QED) is 0.783. The van der Waals surface area contributed by atoms with E-state index in [2.05, 4.69) is 36.3 Å². The number of urea groups is 1. The second-order valence-electron chi connectivity index (χ2n) is 8.76. The van der Waals surface area contributed by atoms with Gasteiger partial charge in [-0.05, 0) is 12.8 Å². The smallest absolute Gasteiger partial charge is 0.323 e. The Kier molecular flexibility index (Phi) is 6.40. The Morgan fingerprint density at radius 1 is 1.07 bits per heavy atom. The third kappa shape index (κ3) is 5.23. The Bertz CT molecular complexity index is 774. The van der Waals surface area contributed by atoms with E-state index in [1.54, 1.807) is 21.7 Å². The minimum Gasteiger partial charge on any atom is -0.346 e. The third-order valence-electron chi connectivity index (χ3n) is 5.38. The highest BCUT2D eigenvalue weighted by Gasteiger charge is 2.32.